The summed E-state index contributed by atoms with van der Waals surface area (Å²) in [6.45, 7) is 2.85. The second-order valence-corrected chi connectivity index (χ2v) is 9.17. The lowest BCUT2D eigenvalue weighted by Crippen LogP contribution is -2.02. The van der Waals surface area contributed by atoms with Gasteiger partial charge in [0, 0.05) is 27.8 Å². The van der Waals surface area contributed by atoms with E-state index in [0.717, 1.165) is 40.8 Å². The molecule has 1 heterocycles. The van der Waals surface area contributed by atoms with E-state index < -0.39 is 0 Å². The number of hydrogen-bond acceptors (Lipinski definition) is 5. The fourth-order valence-corrected chi connectivity index (χ4v) is 4.38. The van der Waals surface area contributed by atoms with Crippen LogP contribution in [0.15, 0.2) is 103 Å². The Labute approximate surface area is 223 Å². The molecule has 0 saturated heterocycles. The number of nitrogens with zero attached hydrogens (tertiary/aromatic N) is 3. The van der Waals surface area contributed by atoms with Gasteiger partial charge in [0.25, 0.3) is 0 Å². The lowest BCUT2D eigenvalue weighted by molar-refractivity contribution is 0.305. The molecule has 0 amide bonds. The second-order valence-electron chi connectivity index (χ2n) is 9.17. The summed E-state index contributed by atoms with van der Waals surface area (Å²) in [5.74, 6) is 2.66. The van der Waals surface area contributed by atoms with E-state index in [0.29, 0.717) is 29.6 Å². The fraction of sp³-hybridized carbons (Fsp3) is 0.182. The highest BCUT2D eigenvalue weighted by Crippen LogP contribution is 2.38. The van der Waals surface area contributed by atoms with Crippen molar-refractivity contribution in [3.63, 3.8) is 0 Å². The van der Waals surface area contributed by atoms with Gasteiger partial charge >= 0.3 is 0 Å². The van der Waals surface area contributed by atoms with E-state index in [1.54, 1.807) is 6.07 Å². The van der Waals surface area contributed by atoms with Crippen LogP contribution in [0.1, 0.15) is 32.6 Å². The fourth-order valence-electron chi connectivity index (χ4n) is 4.38. The largest absolute Gasteiger partial charge is 0.507 e. The summed E-state index contributed by atoms with van der Waals surface area (Å²) in [5, 5.41) is 10.8. The van der Waals surface area contributed by atoms with Crippen molar-refractivity contribution in [3.05, 3.63) is 103 Å². The number of phenolic OH excluding ortho intramolecular Hbond substituents is 1. The van der Waals surface area contributed by atoms with Crippen LogP contribution in [0, 0.1) is 0 Å². The first kappa shape index (κ1) is 25.2. The monoisotopic (exact) mass is 501 g/mol. The molecule has 0 radical (unpaired) electrons. The minimum absolute atomic E-state index is 0.189. The van der Waals surface area contributed by atoms with E-state index in [-0.39, 0.29) is 5.75 Å². The number of benzene rings is 4. The van der Waals surface area contributed by atoms with Crippen LogP contribution in [0.5, 0.6) is 11.5 Å². The van der Waals surface area contributed by atoms with Gasteiger partial charge in [-0.05, 0) is 30.7 Å². The van der Waals surface area contributed by atoms with E-state index in [1.807, 2.05) is 97.1 Å². The molecule has 0 unspecified atom stereocenters. The Bertz CT molecular complexity index is 1430. The van der Waals surface area contributed by atoms with Crippen molar-refractivity contribution >= 4 is 0 Å². The molecule has 1 aromatic heterocycles. The highest BCUT2D eigenvalue weighted by Gasteiger charge is 2.18. The number of unbranched alkanes of at least 4 members (excludes halogenated alkanes) is 3. The average Bonchev–Trinajstić information content (AvgIpc) is 2.98. The Kier molecular flexibility index (Phi) is 8.04. The number of phenols is 1. The van der Waals surface area contributed by atoms with Gasteiger partial charge in [-0.15, -0.1) is 0 Å². The van der Waals surface area contributed by atoms with Gasteiger partial charge in [-0.2, -0.15) is 0 Å². The molecule has 1 N–H and O–H groups in total. The van der Waals surface area contributed by atoms with Crippen molar-refractivity contribution in [1.82, 2.24) is 15.0 Å². The Hall–Kier alpha value is -4.51. The van der Waals surface area contributed by atoms with Crippen molar-refractivity contribution in [2.24, 2.45) is 0 Å². The normalized spacial score (nSPS) is 10.9. The van der Waals surface area contributed by atoms with Crippen molar-refractivity contribution in [2.45, 2.75) is 32.6 Å². The molecule has 0 aliphatic carbocycles. The van der Waals surface area contributed by atoms with E-state index in [1.165, 1.54) is 12.8 Å². The first-order valence-electron chi connectivity index (χ1n) is 13.2. The molecule has 5 aromatic rings. The lowest BCUT2D eigenvalue weighted by atomic mass is 9.97. The average molecular weight is 502 g/mol. The molecule has 0 spiro atoms. The summed E-state index contributed by atoms with van der Waals surface area (Å²) in [6, 6.07) is 33.0. The number of rotatable bonds is 10. The third-order valence-corrected chi connectivity index (χ3v) is 6.39. The molecule has 0 aliphatic rings. The van der Waals surface area contributed by atoms with Crippen LogP contribution in [0.25, 0.3) is 45.3 Å². The predicted octanol–water partition coefficient (Wildman–Crippen LogP) is 8.20. The predicted molar refractivity (Wildman–Crippen MR) is 153 cm³/mol. The van der Waals surface area contributed by atoms with Crippen LogP contribution >= 0.6 is 0 Å². The number of para-hydroxylation sites is 1. The van der Waals surface area contributed by atoms with E-state index >= 15 is 0 Å². The van der Waals surface area contributed by atoms with Gasteiger partial charge in [-0.3, -0.25) is 0 Å². The number of aromatic nitrogens is 3. The van der Waals surface area contributed by atoms with Crippen LogP contribution in [0.4, 0.5) is 0 Å². The minimum atomic E-state index is 0.189. The third kappa shape index (κ3) is 5.89. The molecular formula is C33H31N3O2. The molecule has 38 heavy (non-hydrogen) atoms. The Balaban J connectivity index is 1.63. The highest BCUT2D eigenvalue weighted by molar-refractivity contribution is 5.85. The first-order chi connectivity index (χ1) is 18.7. The number of ether oxygens (including phenoxy) is 1. The third-order valence-electron chi connectivity index (χ3n) is 6.39. The summed E-state index contributed by atoms with van der Waals surface area (Å²) in [5.41, 5.74) is 4.11. The molecule has 5 heteroatoms. The van der Waals surface area contributed by atoms with Crippen LogP contribution < -0.4 is 4.74 Å². The van der Waals surface area contributed by atoms with E-state index in [2.05, 4.69) is 6.92 Å². The Morgan fingerprint density at radius 3 is 1.82 bits per heavy atom. The molecule has 5 rings (SSSR count). The molecule has 190 valence electrons. The van der Waals surface area contributed by atoms with E-state index in [4.69, 9.17) is 19.7 Å². The van der Waals surface area contributed by atoms with Crippen molar-refractivity contribution in [3.8, 4) is 56.8 Å². The van der Waals surface area contributed by atoms with E-state index in [9.17, 15) is 5.11 Å². The second kappa shape index (κ2) is 12.2. The maximum Gasteiger partial charge on any atom is 0.164 e. The maximum atomic E-state index is 10.8. The molecular weight excluding hydrogens is 470 g/mol. The SMILES string of the molecule is CCCCCCOc1ccc(-c2nc(-c3ccccc3)nc(-c3ccccc3)n2)c(-c2ccccc2O)c1. The van der Waals surface area contributed by atoms with Gasteiger partial charge < -0.3 is 9.84 Å². The zero-order valence-electron chi connectivity index (χ0n) is 21.5. The lowest BCUT2D eigenvalue weighted by Gasteiger charge is -2.15. The van der Waals surface area contributed by atoms with Gasteiger partial charge in [0.1, 0.15) is 11.5 Å². The topological polar surface area (TPSA) is 68.1 Å². The summed E-state index contributed by atoms with van der Waals surface area (Å²) in [7, 11) is 0. The van der Waals surface area contributed by atoms with Crippen LogP contribution in [0.2, 0.25) is 0 Å². The van der Waals surface area contributed by atoms with Crippen LogP contribution in [-0.4, -0.2) is 26.7 Å². The summed E-state index contributed by atoms with van der Waals surface area (Å²) < 4.78 is 6.10. The van der Waals surface area contributed by atoms with Crippen molar-refractivity contribution < 1.29 is 9.84 Å². The van der Waals surface area contributed by atoms with Crippen molar-refractivity contribution in [2.75, 3.05) is 6.61 Å². The molecule has 4 aromatic carbocycles. The zero-order chi connectivity index (χ0) is 26.2. The standard InChI is InChI=1S/C33H31N3O2/c1-2-3-4-13-22-38-26-20-21-28(29(23-26)27-18-11-12-19-30(27)37)33-35-31(24-14-7-5-8-15-24)34-32(36-33)25-16-9-6-10-17-25/h5-12,14-21,23,37H,2-4,13,22H2,1H3. The molecule has 0 saturated carbocycles. The molecule has 0 fully saturated rings. The quantitative estimate of drug-likeness (QED) is 0.195. The summed E-state index contributed by atoms with van der Waals surface area (Å²) >= 11 is 0. The molecule has 5 nitrogen and oxygen atoms in total. The number of aromatic hydroxyl groups is 1. The zero-order valence-corrected chi connectivity index (χ0v) is 21.5. The Morgan fingerprint density at radius 1 is 0.579 bits per heavy atom. The van der Waals surface area contributed by atoms with Gasteiger partial charge in [0.2, 0.25) is 0 Å². The molecule has 0 aliphatic heterocycles. The van der Waals surface area contributed by atoms with Gasteiger partial charge in [0.05, 0.1) is 6.61 Å². The van der Waals surface area contributed by atoms with Crippen LogP contribution in [-0.2, 0) is 0 Å². The maximum absolute atomic E-state index is 10.8. The van der Waals surface area contributed by atoms with Gasteiger partial charge in [-0.25, -0.2) is 15.0 Å². The van der Waals surface area contributed by atoms with Gasteiger partial charge in [-0.1, -0.05) is 105 Å². The minimum Gasteiger partial charge on any atom is -0.507 e. The smallest absolute Gasteiger partial charge is 0.164 e. The van der Waals surface area contributed by atoms with Crippen LogP contribution in [0.3, 0.4) is 0 Å². The summed E-state index contributed by atoms with van der Waals surface area (Å²) in [4.78, 5) is 14.6. The molecule has 0 bridgehead atoms. The Morgan fingerprint density at radius 2 is 1.18 bits per heavy atom. The molecule has 0 atom stereocenters. The van der Waals surface area contributed by atoms with Gasteiger partial charge in [0.15, 0.2) is 17.5 Å². The first-order valence-corrected chi connectivity index (χ1v) is 13.2. The van der Waals surface area contributed by atoms with Crippen molar-refractivity contribution in [1.29, 1.82) is 0 Å². The highest BCUT2D eigenvalue weighted by atomic mass is 16.5. The summed E-state index contributed by atoms with van der Waals surface area (Å²) in [6.07, 6.45) is 4.55. The number of hydrogen-bond donors (Lipinski definition) is 1.